The molecular formula is C16H17NO2. The Kier molecular flexibility index (Phi) is 4.99. The number of hydrogen-bond donors (Lipinski definition) is 1. The van der Waals surface area contributed by atoms with Gasteiger partial charge in [0.25, 0.3) is 0 Å². The van der Waals surface area contributed by atoms with E-state index in [0.717, 1.165) is 18.7 Å². The largest absolute Gasteiger partial charge is 0.427 e. The summed E-state index contributed by atoms with van der Waals surface area (Å²) in [5, 5.41) is 3.26. The minimum Gasteiger partial charge on any atom is -0.427 e. The lowest BCUT2D eigenvalue weighted by Gasteiger charge is -2.06. The molecule has 0 saturated carbocycles. The maximum absolute atomic E-state index is 11.6. The fourth-order valence-electron chi connectivity index (χ4n) is 1.69. The van der Waals surface area contributed by atoms with Crippen LogP contribution in [0.15, 0.2) is 60.7 Å². The monoisotopic (exact) mass is 255 g/mol. The lowest BCUT2D eigenvalue weighted by molar-refractivity contribution is -0.134. The van der Waals surface area contributed by atoms with Gasteiger partial charge in [-0.15, -0.1) is 0 Å². The summed E-state index contributed by atoms with van der Waals surface area (Å²) in [4.78, 5) is 11.6. The third kappa shape index (κ3) is 4.84. The van der Waals surface area contributed by atoms with Gasteiger partial charge < -0.3 is 10.1 Å². The summed E-state index contributed by atoms with van der Waals surface area (Å²) in [6, 6.07) is 19.1. The van der Waals surface area contributed by atoms with Gasteiger partial charge in [-0.1, -0.05) is 36.4 Å². The highest BCUT2D eigenvalue weighted by Crippen LogP contribution is 2.10. The maximum Gasteiger partial charge on any atom is 0.311 e. The SMILES string of the molecule is O=C(CCCNc1ccccc1)Oc1ccccc1. The Labute approximate surface area is 113 Å². The second-order valence-electron chi connectivity index (χ2n) is 4.18. The molecular weight excluding hydrogens is 238 g/mol. The molecule has 0 unspecified atom stereocenters. The standard InChI is InChI=1S/C16H17NO2/c18-16(19-15-10-5-2-6-11-15)12-7-13-17-14-8-3-1-4-9-14/h1-6,8-11,17H,7,12-13H2. The molecule has 0 heterocycles. The van der Waals surface area contributed by atoms with Gasteiger partial charge in [-0.05, 0) is 30.7 Å². The molecule has 0 bridgehead atoms. The first kappa shape index (κ1) is 13.1. The molecule has 0 aliphatic rings. The molecule has 98 valence electrons. The first-order valence-corrected chi connectivity index (χ1v) is 6.39. The first-order chi connectivity index (χ1) is 9.34. The molecule has 0 radical (unpaired) electrons. The van der Waals surface area contributed by atoms with Crippen molar-refractivity contribution in [1.29, 1.82) is 0 Å². The van der Waals surface area contributed by atoms with Crippen LogP contribution >= 0.6 is 0 Å². The summed E-state index contributed by atoms with van der Waals surface area (Å²) < 4.78 is 5.20. The summed E-state index contributed by atoms with van der Waals surface area (Å²) >= 11 is 0. The van der Waals surface area contributed by atoms with Crippen LogP contribution in [0.2, 0.25) is 0 Å². The van der Waals surface area contributed by atoms with Gasteiger partial charge in [0, 0.05) is 18.7 Å². The van der Waals surface area contributed by atoms with Crippen molar-refractivity contribution in [3.05, 3.63) is 60.7 Å². The fourth-order valence-corrected chi connectivity index (χ4v) is 1.69. The van der Waals surface area contributed by atoms with Gasteiger partial charge in [0.2, 0.25) is 0 Å². The zero-order valence-corrected chi connectivity index (χ0v) is 10.7. The quantitative estimate of drug-likeness (QED) is 0.488. The van der Waals surface area contributed by atoms with E-state index in [1.54, 1.807) is 12.1 Å². The van der Waals surface area contributed by atoms with Crippen LogP contribution in [0, 0.1) is 0 Å². The molecule has 0 aromatic heterocycles. The highest BCUT2D eigenvalue weighted by Gasteiger charge is 2.03. The van der Waals surface area contributed by atoms with Crippen LogP contribution in [0.4, 0.5) is 5.69 Å². The average molecular weight is 255 g/mol. The van der Waals surface area contributed by atoms with Crippen molar-refractivity contribution in [3.63, 3.8) is 0 Å². The summed E-state index contributed by atoms with van der Waals surface area (Å²) in [5.74, 6) is 0.407. The second-order valence-corrected chi connectivity index (χ2v) is 4.18. The van der Waals surface area contributed by atoms with Crippen LogP contribution < -0.4 is 10.1 Å². The van der Waals surface area contributed by atoms with Gasteiger partial charge in [0.15, 0.2) is 0 Å². The van der Waals surface area contributed by atoms with Crippen molar-refractivity contribution >= 4 is 11.7 Å². The van der Waals surface area contributed by atoms with E-state index in [1.807, 2.05) is 48.5 Å². The van der Waals surface area contributed by atoms with Crippen molar-refractivity contribution in [2.45, 2.75) is 12.8 Å². The van der Waals surface area contributed by atoms with E-state index in [2.05, 4.69) is 5.32 Å². The normalized spacial score (nSPS) is 9.89. The van der Waals surface area contributed by atoms with Crippen molar-refractivity contribution in [2.24, 2.45) is 0 Å². The van der Waals surface area contributed by atoms with Gasteiger partial charge in [0.1, 0.15) is 5.75 Å². The number of para-hydroxylation sites is 2. The van der Waals surface area contributed by atoms with Crippen LogP contribution in [0.1, 0.15) is 12.8 Å². The number of nitrogens with one attached hydrogen (secondary N) is 1. The van der Waals surface area contributed by atoms with Gasteiger partial charge in [0.05, 0.1) is 0 Å². The van der Waals surface area contributed by atoms with Gasteiger partial charge in [-0.25, -0.2) is 0 Å². The summed E-state index contributed by atoms with van der Waals surface area (Å²) in [6.45, 7) is 0.758. The van der Waals surface area contributed by atoms with Crippen LogP contribution in [0.3, 0.4) is 0 Å². The smallest absolute Gasteiger partial charge is 0.311 e. The third-order valence-electron chi connectivity index (χ3n) is 2.64. The average Bonchev–Trinajstić information content (AvgIpc) is 2.46. The molecule has 2 aromatic rings. The lowest BCUT2D eigenvalue weighted by Crippen LogP contribution is -2.10. The summed E-state index contributed by atoms with van der Waals surface area (Å²) in [5.41, 5.74) is 1.07. The number of carbonyl (C=O) groups excluding carboxylic acids is 1. The van der Waals surface area contributed by atoms with E-state index in [-0.39, 0.29) is 5.97 Å². The minimum atomic E-state index is -0.193. The predicted molar refractivity (Wildman–Crippen MR) is 76.2 cm³/mol. The number of esters is 1. The third-order valence-corrected chi connectivity index (χ3v) is 2.64. The number of anilines is 1. The predicted octanol–water partition coefficient (Wildman–Crippen LogP) is 3.48. The lowest BCUT2D eigenvalue weighted by atomic mass is 10.3. The summed E-state index contributed by atoms with van der Waals surface area (Å²) in [6.07, 6.45) is 1.16. The number of rotatable bonds is 6. The highest BCUT2D eigenvalue weighted by molar-refractivity contribution is 5.72. The molecule has 0 atom stereocenters. The van der Waals surface area contributed by atoms with Crippen LogP contribution in [-0.4, -0.2) is 12.5 Å². The number of benzene rings is 2. The fraction of sp³-hybridized carbons (Fsp3) is 0.188. The molecule has 0 aliphatic heterocycles. The molecule has 0 amide bonds. The van der Waals surface area contributed by atoms with E-state index in [0.29, 0.717) is 12.2 Å². The molecule has 2 aromatic carbocycles. The maximum atomic E-state index is 11.6. The molecule has 0 aliphatic carbocycles. The Morgan fingerprint density at radius 1 is 0.947 bits per heavy atom. The Morgan fingerprint density at radius 2 is 1.58 bits per heavy atom. The van der Waals surface area contributed by atoms with Gasteiger partial charge >= 0.3 is 5.97 Å². The number of carbonyl (C=O) groups is 1. The van der Waals surface area contributed by atoms with E-state index in [1.165, 1.54) is 0 Å². The topological polar surface area (TPSA) is 38.3 Å². The Balaban J connectivity index is 1.65. The van der Waals surface area contributed by atoms with E-state index in [9.17, 15) is 4.79 Å². The zero-order valence-electron chi connectivity index (χ0n) is 10.7. The molecule has 0 spiro atoms. The highest BCUT2D eigenvalue weighted by atomic mass is 16.5. The second kappa shape index (κ2) is 7.21. The Morgan fingerprint density at radius 3 is 2.26 bits per heavy atom. The molecule has 19 heavy (non-hydrogen) atoms. The minimum absolute atomic E-state index is 0.193. The van der Waals surface area contributed by atoms with Gasteiger partial charge in [-0.3, -0.25) is 4.79 Å². The van der Waals surface area contributed by atoms with Gasteiger partial charge in [-0.2, -0.15) is 0 Å². The molecule has 0 fully saturated rings. The molecule has 2 rings (SSSR count). The van der Waals surface area contributed by atoms with Crippen molar-refractivity contribution in [3.8, 4) is 5.75 Å². The molecule has 1 N–H and O–H groups in total. The first-order valence-electron chi connectivity index (χ1n) is 6.39. The zero-order chi connectivity index (χ0) is 13.3. The molecule has 3 nitrogen and oxygen atoms in total. The number of hydrogen-bond acceptors (Lipinski definition) is 3. The molecule has 3 heteroatoms. The van der Waals surface area contributed by atoms with Crippen molar-refractivity contribution in [1.82, 2.24) is 0 Å². The van der Waals surface area contributed by atoms with E-state index >= 15 is 0 Å². The summed E-state index contributed by atoms with van der Waals surface area (Å²) in [7, 11) is 0. The van der Waals surface area contributed by atoms with Crippen LogP contribution in [-0.2, 0) is 4.79 Å². The van der Waals surface area contributed by atoms with Crippen molar-refractivity contribution < 1.29 is 9.53 Å². The van der Waals surface area contributed by atoms with Crippen molar-refractivity contribution in [2.75, 3.05) is 11.9 Å². The van der Waals surface area contributed by atoms with Crippen LogP contribution in [0.25, 0.3) is 0 Å². The van der Waals surface area contributed by atoms with E-state index in [4.69, 9.17) is 4.74 Å². The van der Waals surface area contributed by atoms with Crippen LogP contribution in [0.5, 0.6) is 5.75 Å². The Hall–Kier alpha value is -2.29. The molecule has 0 saturated heterocycles. The Bertz CT molecular complexity index is 497. The number of ether oxygens (including phenoxy) is 1. The van der Waals surface area contributed by atoms with E-state index < -0.39 is 0 Å².